The Labute approximate surface area is 64.3 Å². The van der Waals surface area contributed by atoms with E-state index in [4.69, 9.17) is 0 Å². The van der Waals surface area contributed by atoms with E-state index in [-0.39, 0.29) is 13.1 Å². The molecule has 0 heterocycles. The Morgan fingerprint density at radius 2 is 1.91 bits per heavy atom. The Hall–Kier alpha value is -0.860. The molecule has 0 rings (SSSR count). The number of hydrogen-bond acceptors (Lipinski definition) is 3. The Morgan fingerprint density at radius 3 is 2.27 bits per heavy atom. The predicted octanol–water partition coefficient (Wildman–Crippen LogP) is -2.55. The van der Waals surface area contributed by atoms with Crippen molar-refractivity contribution in [1.29, 1.82) is 0 Å². The first kappa shape index (κ1) is 10.1. The molecule has 7 nitrogen and oxygen atoms in total. The van der Waals surface area contributed by atoms with Gasteiger partial charge in [0.05, 0.1) is 0 Å². The number of amides is 2. The number of carbonyl (C=O) groups is 1. The van der Waals surface area contributed by atoms with Gasteiger partial charge in [-0.3, -0.25) is 0 Å². The highest BCUT2D eigenvalue weighted by molar-refractivity contribution is 7.87. The second kappa shape index (κ2) is 4.11. The van der Waals surface area contributed by atoms with Crippen LogP contribution in [0.5, 0.6) is 0 Å². The van der Waals surface area contributed by atoms with Crippen molar-refractivity contribution in [2.24, 2.45) is 10.9 Å². The van der Waals surface area contributed by atoms with Gasteiger partial charge in [-0.1, -0.05) is 0 Å². The highest BCUT2D eigenvalue weighted by Gasteiger charge is 1.98. The average molecular weight is 182 g/mol. The van der Waals surface area contributed by atoms with Crippen molar-refractivity contribution in [1.82, 2.24) is 10.0 Å². The SMILES string of the molecule is NC(=O)NCCNS(N)(=O)=O. The minimum atomic E-state index is -3.66. The van der Waals surface area contributed by atoms with Gasteiger partial charge in [0.25, 0.3) is 10.2 Å². The summed E-state index contributed by atoms with van der Waals surface area (Å²) in [7, 11) is -3.66. The van der Waals surface area contributed by atoms with E-state index < -0.39 is 16.2 Å². The standard InChI is InChI=1S/C3H10N4O3S/c4-3(8)6-1-2-7-11(5,9)10/h7H,1-2H2,(H3,4,6,8)(H2,5,9,10). The lowest BCUT2D eigenvalue weighted by Crippen LogP contribution is -2.39. The third-order valence-electron chi connectivity index (χ3n) is 0.727. The fourth-order valence-corrected chi connectivity index (χ4v) is 0.766. The van der Waals surface area contributed by atoms with Gasteiger partial charge in [-0.05, 0) is 0 Å². The van der Waals surface area contributed by atoms with Gasteiger partial charge in [-0.15, -0.1) is 0 Å². The van der Waals surface area contributed by atoms with Crippen LogP contribution in [0.2, 0.25) is 0 Å². The molecule has 0 unspecified atom stereocenters. The molecule has 0 spiro atoms. The van der Waals surface area contributed by atoms with E-state index in [0.717, 1.165) is 0 Å². The summed E-state index contributed by atoms with van der Waals surface area (Å²) in [4.78, 5) is 10.0. The van der Waals surface area contributed by atoms with E-state index in [1.54, 1.807) is 0 Å². The molecule has 0 aliphatic carbocycles. The van der Waals surface area contributed by atoms with Gasteiger partial charge < -0.3 is 11.1 Å². The molecule has 0 aliphatic rings. The first-order chi connectivity index (χ1) is 4.92. The summed E-state index contributed by atoms with van der Waals surface area (Å²) < 4.78 is 22.4. The Kier molecular flexibility index (Phi) is 3.79. The van der Waals surface area contributed by atoms with Crippen molar-refractivity contribution in [3.63, 3.8) is 0 Å². The van der Waals surface area contributed by atoms with Crippen LogP contribution in [-0.2, 0) is 10.2 Å². The number of nitrogens with one attached hydrogen (secondary N) is 2. The summed E-state index contributed by atoms with van der Waals surface area (Å²) in [5.41, 5.74) is 4.68. The van der Waals surface area contributed by atoms with Gasteiger partial charge >= 0.3 is 6.03 Å². The maximum absolute atomic E-state index is 10.2. The predicted molar refractivity (Wildman–Crippen MR) is 38.7 cm³/mol. The van der Waals surface area contributed by atoms with Crippen LogP contribution >= 0.6 is 0 Å². The second-order valence-electron chi connectivity index (χ2n) is 1.73. The fraction of sp³-hybridized carbons (Fsp3) is 0.667. The topological polar surface area (TPSA) is 127 Å². The van der Waals surface area contributed by atoms with Crippen LogP contribution in [0.15, 0.2) is 0 Å². The molecule has 0 saturated heterocycles. The Bertz CT molecular complexity index is 223. The molecular formula is C3H10N4O3S. The van der Waals surface area contributed by atoms with E-state index in [0.29, 0.717) is 0 Å². The lowest BCUT2D eigenvalue weighted by Gasteiger charge is -2.01. The van der Waals surface area contributed by atoms with Gasteiger partial charge in [0, 0.05) is 13.1 Å². The smallest absolute Gasteiger partial charge is 0.312 e. The van der Waals surface area contributed by atoms with Crippen molar-refractivity contribution in [3.05, 3.63) is 0 Å². The zero-order valence-electron chi connectivity index (χ0n) is 5.70. The summed E-state index contributed by atoms with van der Waals surface area (Å²) in [6.45, 7) is 0.146. The van der Waals surface area contributed by atoms with Crippen molar-refractivity contribution in [2.75, 3.05) is 13.1 Å². The number of hydrogen-bond donors (Lipinski definition) is 4. The summed E-state index contributed by atoms with van der Waals surface area (Å²) in [5, 5.41) is 6.74. The van der Waals surface area contributed by atoms with Crippen molar-refractivity contribution < 1.29 is 13.2 Å². The largest absolute Gasteiger partial charge is 0.352 e. The fourth-order valence-electron chi connectivity index (χ4n) is 0.379. The lowest BCUT2D eigenvalue weighted by atomic mass is 10.6. The van der Waals surface area contributed by atoms with Gasteiger partial charge in [-0.2, -0.15) is 8.42 Å². The molecule has 0 aromatic rings. The van der Waals surface area contributed by atoms with Crippen LogP contribution in [0.25, 0.3) is 0 Å². The van der Waals surface area contributed by atoms with Crippen LogP contribution in [0.3, 0.4) is 0 Å². The molecule has 6 N–H and O–H groups in total. The summed E-state index contributed by atoms with van der Waals surface area (Å²) in [6, 6.07) is -0.707. The molecule has 66 valence electrons. The molecule has 0 atom stereocenters. The third-order valence-corrected chi connectivity index (χ3v) is 1.33. The maximum Gasteiger partial charge on any atom is 0.312 e. The van der Waals surface area contributed by atoms with Crippen molar-refractivity contribution in [3.8, 4) is 0 Å². The van der Waals surface area contributed by atoms with Crippen LogP contribution in [0.4, 0.5) is 4.79 Å². The van der Waals surface area contributed by atoms with Gasteiger partial charge in [-0.25, -0.2) is 14.7 Å². The molecule has 0 aromatic heterocycles. The van der Waals surface area contributed by atoms with Crippen molar-refractivity contribution in [2.45, 2.75) is 0 Å². The number of nitrogens with two attached hydrogens (primary N) is 2. The molecular weight excluding hydrogens is 172 g/mol. The molecule has 11 heavy (non-hydrogen) atoms. The molecule has 0 bridgehead atoms. The average Bonchev–Trinajstić information content (AvgIpc) is 1.78. The van der Waals surface area contributed by atoms with E-state index in [9.17, 15) is 13.2 Å². The highest BCUT2D eigenvalue weighted by atomic mass is 32.2. The van der Waals surface area contributed by atoms with Crippen LogP contribution in [0.1, 0.15) is 0 Å². The monoisotopic (exact) mass is 182 g/mol. The normalized spacial score (nSPS) is 11.0. The first-order valence-corrected chi connectivity index (χ1v) is 4.27. The van der Waals surface area contributed by atoms with E-state index in [1.807, 2.05) is 4.72 Å². The molecule has 8 heteroatoms. The number of primary amides is 1. The Balaban J connectivity index is 3.37. The lowest BCUT2D eigenvalue weighted by molar-refractivity contribution is 0.249. The second-order valence-corrected chi connectivity index (χ2v) is 3.11. The number of rotatable bonds is 4. The van der Waals surface area contributed by atoms with Crippen LogP contribution < -0.4 is 20.9 Å². The minimum Gasteiger partial charge on any atom is -0.352 e. The number of carbonyl (C=O) groups excluding carboxylic acids is 1. The van der Waals surface area contributed by atoms with Crippen LogP contribution in [0, 0.1) is 0 Å². The Morgan fingerprint density at radius 1 is 1.36 bits per heavy atom. The number of urea groups is 1. The van der Waals surface area contributed by atoms with Crippen molar-refractivity contribution >= 4 is 16.2 Å². The molecule has 2 amide bonds. The highest BCUT2D eigenvalue weighted by Crippen LogP contribution is 1.64. The van der Waals surface area contributed by atoms with E-state index in [1.165, 1.54) is 0 Å². The molecule has 0 saturated carbocycles. The summed E-state index contributed by atoms with van der Waals surface area (Å²) in [5.74, 6) is 0. The zero-order valence-corrected chi connectivity index (χ0v) is 6.52. The van der Waals surface area contributed by atoms with E-state index in [2.05, 4.69) is 16.2 Å². The van der Waals surface area contributed by atoms with Gasteiger partial charge in [0.1, 0.15) is 0 Å². The minimum absolute atomic E-state index is 0.0295. The molecule has 0 aromatic carbocycles. The van der Waals surface area contributed by atoms with Gasteiger partial charge in [0.15, 0.2) is 0 Å². The quantitative estimate of drug-likeness (QED) is 0.357. The van der Waals surface area contributed by atoms with Gasteiger partial charge in [0.2, 0.25) is 0 Å². The molecule has 0 fully saturated rings. The first-order valence-electron chi connectivity index (χ1n) is 2.72. The third kappa shape index (κ3) is 9.14. The molecule has 0 radical (unpaired) electrons. The summed E-state index contributed by atoms with van der Waals surface area (Å²) >= 11 is 0. The van der Waals surface area contributed by atoms with Crippen LogP contribution in [-0.4, -0.2) is 27.5 Å². The summed E-state index contributed by atoms with van der Waals surface area (Å²) in [6.07, 6.45) is 0. The molecule has 0 aliphatic heterocycles. The van der Waals surface area contributed by atoms with E-state index >= 15 is 0 Å². The maximum atomic E-state index is 10.2. The zero-order chi connectivity index (χ0) is 8.91.